The zero-order valence-corrected chi connectivity index (χ0v) is 9.58. The Hall–Kier alpha value is -0.550. The molecule has 0 amide bonds. The van der Waals surface area contributed by atoms with Gasteiger partial charge in [-0.25, -0.2) is 0 Å². The van der Waals surface area contributed by atoms with E-state index in [1.807, 2.05) is 24.3 Å². The van der Waals surface area contributed by atoms with Gasteiger partial charge in [0, 0.05) is 18.0 Å². The van der Waals surface area contributed by atoms with Crippen LogP contribution in [0.3, 0.4) is 0 Å². The molecule has 1 aromatic carbocycles. The van der Waals surface area contributed by atoms with Gasteiger partial charge < -0.3 is 16.2 Å². The SMILES string of the molecule is NCCNCCC(O)c1ccc(S)cc1. The van der Waals surface area contributed by atoms with E-state index >= 15 is 0 Å². The molecular formula is C11H18N2OS. The molecule has 84 valence electrons. The molecule has 0 aliphatic rings. The molecule has 0 aromatic heterocycles. The first kappa shape index (κ1) is 12.5. The Labute approximate surface area is 96.1 Å². The molecule has 15 heavy (non-hydrogen) atoms. The molecule has 1 unspecified atom stereocenters. The highest BCUT2D eigenvalue weighted by molar-refractivity contribution is 7.80. The van der Waals surface area contributed by atoms with E-state index in [4.69, 9.17) is 5.73 Å². The summed E-state index contributed by atoms with van der Waals surface area (Å²) in [7, 11) is 0. The van der Waals surface area contributed by atoms with Crippen molar-refractivity contribution in [3.05, 3.63) is 29.8 Å². The van der Waals surface area contributed by atoms with Crippen LogP contribution in [-0.4, -0.2) is 24.7 Å². The second kappa shape index (κ2) is 6.85. The van der Waals surface area contributed by atoms with Crippen LogP contribution in [0.1, 0.15) is 18.1 Å². The van der Waals surface area contributed by atoms with Gasteiger partial charge in [0.2, 0.25) is 0 Å². The fraction of sp³-hybridized carbons (Fsp3) is 0.455. The third kappa shape index (κ3) is 4.66. The first-order chi connectivity index (χ1) is 7.24. The fourth-order valence-electron chi connectivity index (χ4n) is 1.33. The lowest BCUT2D eigenvalue weighted by Crippen LogP contribution is -2.24. The van der Waals surface area contributed by atoms with Crippen LogP contribution in [-0.2, 0) is 0 Å². The number of aliphatic hydroxyl groups excluding tert-OH is 1. The molecule has 0 bridgehead atoms. The quantitative estimate of drug-likeness (QED) is 0.431. The van der Waals surface area contributed by atoms with Gasteiger partial charge in [-0.3, -0.25) is 0 Å². The minimum atomic E-state index is -0.413. The molecule has 0 saturated heterocycles. The molecule has 0 aliphatic carbocycles. The minimum absolute atomic E-state index is 0.413. The highest BCUT2D eigenvalue weighted by Gasteiger charge is 2.05. The van der Waals surface area contributed by atoms with E-state index in [-0.39, 0.29) is 0 Å². The van der Waals surface area contributed by atoms with E-state index in [2.05, 4.69) is 17.9 Å². The van der Waals surface area contributed by atoms with Crippen LogP contribution in [0.25, 0.3) is 0 Å². The van der Waals surface area contributed by atoms with Crippen LogP contribution in [0.2, 0.25) is 0 Å². The molecule has 0 heterocycles. The van der Waals surface area contributed by atoms with Crippen molar-refractivity contribution in [1.82, 2.24) is 5.32 Å². The highest BCUT2D eigenvalue weighted by atomic mass is 32.1. The average Bonchev–Trinajstić information content (AvgIpc) is 2.25. The van der Waals surface area contributed by atoms with Gasteiger partial charge in [0.25, 0.3) is 0 Å². The van der Waals surface area contributed by atoms with Crippen molar-refractivity contribution in [2.75, 3.05) is 19.6 Å². The lowest BCUT2D eigenvalue weighted by molar-refractivity contribution is 0.167. The summed E-state index contributed by atoms with van der Waals surface area (Å²) in [6.07, 6.45) is 0.288. The molecule has 1 aromatic rings. The summed E-state index contributed by atoms with van der Waals surface area (Å²) in [6, 6.07) is 7.57. The molecule has 1 rings (SSSR count). The second-order valence-corrected chi connectivity index (χ2v) is 3.95. The molecule has 4 N–H and O–H groups in total. The maximum absolute atomic E-state index is 9.81. The largest absolute Gasteiger partial charge is 0.388 e. The Bertz CT molecular complexity index is 276. The number of hydrogen-bond acceptors (Lipinski definition) is 4. The summed E-state index contributed by atoms with van der Waals surface area (Å²) in [5.74, 6) is 0. The van der Waals surface area contributed by atoms with Gasteiger partial charge in [0.05, 0.1) is 6.10 Å². The fourth-order valence-corrected chi connectivity index (χ4v) is 1.48. The number of nitrogens with one attached hydrogen (secondary N) is 1. The predicted octanol–water partition coefficient (Wildman–Crippen LogP) is 0.947. The first-order valence-electron chi connectivity index (χ1n) is 5.12. The van der Waals surface area contributed by atoms with Crippen molar-refractivity contribution in [2.45, 2.75) is 17.4 Å². The molecule has 0 saturated carbocycles. The summed E-state index contributed by atoms with van der Waals surface area (Å²) >= 11 is 4.19. The normalized spacial score (nSPS) is 12.7. The zero-order chi connectivity index (χ0) is 11.1. The number of rotatable bonds is 6. The van der Waals surface area contributed by atoms with Crippen LogP contribution in [0.4, 0.5) is 0 Å². The first-order valence-corrected chi connectivity index (χ1v) is 5.56. The van der Waals surface area contributed by atoms with Gasteiger partial charge in [0.15, 0.2) is 0 Å². The molecule has 1 atom stereocenters. The van der Waals surface area contributed by atoms with Crippen LogP contribution in [0.15, 0.2) is 29.2 Å². The monoisotopic (exact) mass is 226 g/mol. The van der Waals surface area contributed by atoms with E-state index in [0.717, 1.165) is 23.5 Å². The van der Waals surface area contributed by atoms with Crippen molar-refractivity contribution in [2.24, 2.45) is 5.73 Å². The topological polar surface area (TPSA) is 58.3 Å². The van der Waals surface area contributed by atoms with Gasteiger partial charge in [-0.05, 0) is 30.7 Å². The average molecular weight is 226 g/mol. The molecule has 0 fully saturated rings. The Morgan fingerprint density at radius 1 is 1.27 bits per heavy atom. The summed E-state index contributed by atoms with van der Waals surface area (Å²) in [5.41, 5.74) is 6.27. The summed E-state index contributed by atoms with van der Waals surface area (Å²) in [5, 5.41) is 13.0. The van der Waals surface area contributed by atoms with Crippen LogP contribution < -0.4 is 11.1 Å². The van der Waals surface area contributed by atoms with Crippen molar-refractivity contribution in [3.8, 4) is 0 Å². The van der Waals surface area contributed by atoms with Crippen molar-refractivity contribution in [3.63, 3.8) is 0 Å². The number of thiol groups is 1. The predicted molar refractivity (Wildman–Crippen MR) is 65.2 cm³/mol. The Morgan fingerprint density at radius 3 is 2.53 bits per heavy atom. The molecule has 0 spiro atoms. The Balaban J connectivity index is 2.33. The maximum Gasteiger partial charge on any atom is 0.0802 e. The van der Waals surface area contributed by atoms with Gasteiger partial charge in [0.1, 0.15) is 0 Å². The summed E-state index contributed by atoms with van der Waals surface area (Å²) in [4.78, 5) is 0.909. The standard InChI is InChI=1S/C11H18N2OS/c12-6-8-13-7-5-11(14)9-1-3-10(15)4-2-9/h1-4,11,13-15H,5-8,12H2. The molecule has 0 radical (unpaired) electrons. The van der Waals surface area contributed by atoms with Crippen molar-refractivity contribution in [1.29, 1.82) is 0 Å². The molecule has 3 nitrogen and oxygen atoms in total. The third-order valence-corrected chi connectivity index (χ3v) is 2.49. The van der Waals surface area contributed by atoms with Crippen LogP contribution in [0, 0.1) is 0 Å². The summed E-state index contributed by atoms with van der Waals surface area (Å²) < 4.78 is 0. The highest BCUT2D eigenvalue weighted by Crippen LogP contribution is 2.17. The summed E-state index contributed by atoms with van der Waals surface area (Å²) in [6.45, 7) is 2.20. The Kier molecular flexibility index (Phi) is 5.71. The number of hydrogen-bond donors (Lipinski definition) is 4. The number of aliphatic hydroxyl groups is 1. The van der Waals surface area contributed by atoms with E-state index < -0.39 is 6.10 Å². The number of nitrogens with two attached hydrogens (primary N) is 1. The van der Waals surface area contributed by atoms with Gasteiger partial charge in [-0.2, -0.15) is 0 Å². The smallest absolute Gasteiger partial charge is 0.0802 e. The third-order valence-electron chi connectivity index (χ3n) is 2.19. The van der Waals surface area contributed by atoms with Crippen molar-refractivity contribution >= 4 is 12.6 Å². The lowest BCUT2D eigenvalue weighted by atomic mass is 10.1. The van der Waals surface area contributed by atoms with E-state index in [0.29, 0.717) is 13.0 Å². The zero-order valence-electron chi connectivity index (χ0n) is 8.69. The van der Waals surface area contributed by atoms with Gasteiger partial charge >= 0.3 is 0 Å². The van der Waals surface area contributed by atoms with Gasteiger partial charge in [-0.1, -0.05) is 12.1 Å². The molecular weight excluding hydrogens is 208 g/mol. The van der Waals surface area contributed by atoms with E-state index in [1.54, 1.807) is 0 Å². The van der Waals surface area contributed by atoms with E-state index in [9.17, 15) is 5.11 Å². The number of benzene rings is 1. The van der Waals surface area contributed by atoms with Crippen molar-refractivity contribution < 1.29 is 5.11 Å². The minimum Gasteiger partial charge on any atom is -0.388 e. The Morgan fingerprint density at radius 2 is 1.93 bits per heavy atom. The molecule has 4 heteroatoms. The van der Waals surface area contributed by atoms with Crippen LogP contribution in [0.5, 0.6) is 0 Å². The lowest BCUT2D eigenvalue weighted by Gasteiger charge is -2.11. The van der Waals surface area contributed by atoms with Gasteiger partial charge in [-0.15, -0.1) is 12.6 Å². The van der Waals surface area contributed by atoms with Crippen LogP contribution >= 0.6 is 12.6 Å². The second-order valence-electron chi connectivity index (χ2n) is 3.43. The van der Waals surface area contributed by atoms with E-state index in [1.165, 1.54) is 0 Å². The maximum atomic E-state index is 9.81. The molecule has 0 aliphatic heterocycles.